The molecule has 0 spiro atoms. The van der Waals surface area contributed by atoms with Gasteiger partial charge in [-0.2, -0.15) is 0 Å². The molecule has 0 nitrogen and oxygen atoms in total. The minimum absolute atomic E-state index is 0.955. The minimum atomic E-state index is 0.955. The van der Waals surface area contributed by atoms with Gasteiger partial charge in [0.05, 0.1) is 0 Å². The lowest BCUT2D eigenvalue weighted by molar-refractivity contribution is 0.472. The highest BCUT2D eigenvalue weighted by Crippen LogP contribution is 2.15. The van der Waals surface area contributed by atoms with Crippen LogP contribution in [0.15, 0.2) is 0 Å². The smallest absolute Gasteiger partial charge is 0.0445 e. The van der Waals surface area contributed by atoms with Crippen molar-refractivity contribution in [3.8, 4) is 12.8 Å². The van der Waals surface area contributed by atoms with E-state index in [0.717, 1.165) is 5.92 Å². The molecule has 0 amide bonds. The van der Waals surface area contributed by atoms with Gasteiger partial charge < -0.3 is 0 Å². The van der Waals surface area contributed by atoms with E-state index in [1.165, 1.54) is 83.5 Å². The summed E-state index contributed by atoms with van der Waals surface area (Å²) in [5.41, 5.74) is 0. The first-order valence-corrected chi connectivity index (χ1v) is 8.64. The summed E-state index contributed by atoms with van der Waals surface area (Å²) in [7, 11) is 0. The summed E-state index contributed by atoms with van der Waals surface area (Å²) in [6, 6.07) is 0. The quantitative estimate of drug-likeness (QED) is 0.328. The highest BCUT2D eigenvalue weighted by molar-refractivity contribution is 4.51. The minimum Gasteiger partial charge on any atom is -0.124 e. The van der Waals surface area contributed by atoms with Crippen LogP contribution < -0.4 is 0 Å². The molecule has 0 heteroatoms. The van der Waals surface area contributed by atoms with Crippen molar-refractivity contribution in [1.29, 1.82) is 0 Å². The summed E-state index contributed by atoms with van der Waals surface area (Å²) in [6.45, 7) is 6.94. The van der Waals surface area contributed by atoms with Crippen molar-refractivity contribution < 1.29 is 0 Å². The Morgan fingerprint density at radius 1 is 0.737 bits per heavy atom. The number of hydrogen-bond donors (Lipinski definition) is 0. The molecule has 0 aliphatic heterocycles. The lowest BCUT2D eigenvalue weighted by Gasteiger charge is -2.06. The van der Waals surface area contributed by atoms with Gasteiger partial charge in [0.25, 0.3) is 0 Å². The summed E-state index contributed by atoms with van der Waals surface area (Å²) >= 11 is 0. The second-order valence-electron chi connectivity index (χ2n) is 5.84. The molecule has 0 saturated heterocycles. The highest BCUT2D eigenvalue weighted by Gasteiger charge is 1.97. The van der Waals surface area contributed by atoms with Crippen LogP contribution in [0.25, 0.3) is 0 Å². The third kappa shape index (κ3) is 20.1. The molecule has 0 radical (unpaired) electrons. The first-order valence-electron chi connectivity index (χ1n) is 8.64. The van der Waals surface area contributed by atoms with Gasteiger partial charge in [0.15, 0.2) is 0 Å². The Morgan fingerprint density at radius 2 is 1.16 bits per heavy atom. The third-order valence-corrected chi connectivity index (χ3v) is 4.00. The maximum atomic E-state index is 4.00. The molecular weight excluding hydrogens is 228 g/mol. The molecule has 0 heterocycles. The summed E-state index contributed by atoms with van der Waals surface area (Å²) in [5.74, 6) is 0.955. The van der Waals surface area contributed by atoms with Crippen molar-refractivity contribution in [3.05, 3.63) is 0 Å². The second kappa shape index (κ2) is 19.9. The van der Waals surface area contributed by atoms with E-state index in [-0.39, 0.29) is 0 Å². The number of terminal acetylenes is 1. The van der Waals surface area contributed by atoms with E-state index in [9.17, 15) is 0 Å². The maximum Gasteiger partial charge on any atom is -0.0445 e. The van der Waals surface area contributed by atoms with E-state index in [4.69, 9.17) is 0 Å². The zero-order chi connectivity index (χ0) is 14.8. The molecule has 0 aromatic rings. The fraction of sp³-hybridized carbons (Fsp3) is 0.895. The fourth-order valence-electron chi connectivity index (χ4n) is 2.36. The Kier molecular flexibility index (Phi) is 21.8. The monoisotopic (exact) mass is 266 g/mol. The molecule has 1 unspecified atom stereocenters. The van der Waals surface area contributed by atoms with Crippen molar-refractivity contribution in [1.82, 2.24) is 0 Å². The first-order chi connectivity index (χ1) is 9.31. The van der Waals surface area contributed by atoms with Gasteiger partial charge in [0, 0.05) is 0 Å². The van der Waals surface area contributed by atoms with Crippen LogP contribution in [-0.2, 0) is 0 Å². The topological polar surface area (TPSA) is 0 Å². The van der Waals surface area contributed by atoms with Gasteiger partial charge >= 0.3 is 0 Å². The number of hydrogen-bond acceptors (Lipinski definition) is 0. The van der Waals surface area contributed by atoms with E-state index < -0.39 is 0 Å². The van der Waals surface area contributed by atoms with Gasteiger partial charge in [-0.25, -0.2) is 0 Å². The Morgan fingerprint density at radius 3 is 1.58 bits per heavy atom. The number of rotatable bonds is 8. The van der Waals surface area contributed by atoms with Gasteiger partial charge in [-0.05, 0) is 5.92 Å². The SMILES string of the molecule is C#C.C1CCCC1.CCCCCCCCC(C)CC. The summed E-state index contributed by atoms with van der Waals surface area (Å²) < 4.78 is 0. The Balaban J connectivity index is 0. The lowest BCUT2D eigenvalue weighted by Crippen LogP contribution is -1.91. The van der Waals surface area contributed by atoms with Crippen LogP contribution in [0.3, 0.4) is 0 Å². The van der Waals surface area contributed by atoms with E-state index in [0.29, 0.717) is 0 Å². The summed E-state index contributed by atoms with van der Waals surface area (Å²) in [6.07, 6.45) is 26.9. The van der Waals surface area contributed by atoms with Gasteiger partial charge in [-0.3, -0.25) is 0 Å². The van der Waals surface area contributed by atoms with Crippen LogP contribution >= 0.6 is 0 Å². The largest absolute Gasteiger partial charge is 0.124 e. The van der Waals surface area contributed by atoms with Gasteiger partial charge in [0.1, 0.15) is 0 Å². The van der Waals surface area contributed by atoms with Gasteiger partial charge in [-0.1, -0.05) is 104 Å². The van der Waals surface area contributed by atoms with Crippen LogP contribution in [0.5, 0.6) is 0 Å². The van der Waals surface area contributed by atoms with Gasteiger partial charge in [0.2, 0.25) is 0 Å². The Hall–Kier alpha value is -0.440. The van der Waals surface area contributed by atoms with Crippen LogP contribution in [0.1, 0.15) is 104 Å². The zero-order valence-electron chi connectivity index (χ0n) is 13.9. The predicted molar refractivity (Wildman–Crippen MR) is 90.4 cm³/mol. The molecular formula is C19H38. The zero-order valence-corrected chi connectivity index (χ0v) is 13.9. The van der Waals surface area contributed by atoms with E-state index in [1.54, 1.807) is 0 Å². The Labute approximate surface area is 123 Å². The average Bonchev–Trinajstić information content (AvgIpc) is 3.04. The lowest BCUT2D eigenvalue weighted by atomic mass is 10.00. The molecule has 1 saturated carbocycles. The fourth-order valence-corrected chi connectivity index (χ4v) is 2.36. The molecule has 0 bridgehead atoms. The molecule has 1 aliphatic rings. The van der Waals surface area contributed by atoms with Crippen molar-refractivity contribution in [2.24, 2.45) is 5.92 Å². The molecule has 1 fully saturated rings. The van der Waals surface area contributed by atoms with Crippen molar-refractivity contribution in [2.75, 3.05) is 0 Å². The van der Waals surface area contributed by atoms with Crippen LogP contribution in [0.2, 0.25) is 0 Å². The predicted octanol–water partition coefficient (Wildman–Crippen LogP) is 6.98. The molecule has 19 heavy (non-hydrogen) atoms. The summed E-state index contributed by atoms with van der Waals surface area (Å²) in [4.78, 5) is 0. The van der Waals surface area contributed by atoms with Crippen molar-refractivity contribution in [3.63, 3.8) is 0 Å². The third-order valence-electron chi connectivity index (χ3n) is 4.00. The summed E-state index contributed by atoms with van der Waals surface area (Å²) in [5, 5.41) is 0. The van der Waals surface area contributed by atoms with Crippen molar-refractivity contribution in [2.45, 2.75) is 104 Å². The van der Waals surface area contributed by atoms with E-state index >= 15 is 0 Å². The van der Waals surface area contributed by atoms with Crippen LogP contribution in [0.4, 0.5) is 0 Å². The average molecular weight is 267 g/mol. The maximum absolute atomic E-state index is 4.00. The normalized spacial score (nSPS) is 14.8. The molecule has 1 aliphatic carbocycles. The first kappa shape index (κ1) is 20.9. The van der Waals surface area contributed by atoms with E-state index in [2.05, 4.69) is 33.6 Å². The number of unbranched alkanes of at least 4 members (excludes halogenated alkanes) is 5. The van der Waals surface area contributed by atoms with Crippen LogP contribution in [0, 0.1) is 18.8 Å². The molecule has 0 aromatic heterocycles. The van der Waals surface area contributed by atoms with Crippen LogP contribution in [-0.4, -0.2) is 0 Å². The molecule has 1 atom stereocenters. The molecule has 1 rings (SSSR count). The molecule has 114 valence electrons. The Bertz CT molecular complexity index is 145. The van der Waals surface area contributed by atoms with Gasteiger partial charge in [-0.15, -0.1) is 12.8 Å². The van der Waals surface area contributed by atoms with Crippen molar-refractivity contribution >= 4 is 0 Å². The second-order valence-corrected chi connectivity index (χ2v) is 5.84. The standard InChI is InChI=1S/C12H26.C5H10.C2H2/c1-4-6-7-8-9-10-11-12(3)5-2;1-2-4-5-3-1;1-2/h12H,4-11H2,1-3H3;1-5H2;1-2H. The molecule has 0 aromatic carbocycles. The van der Waals surface area contributed by atoms with E-state index in [1.807, 2.05) is 0 Å². The highest BCUT2D eigenvalue weighted by atomic mass is 14.0. The molecule has 0 N–H and O–H groups in total.